The molecular weight excluding hydrogens is 272 g/mol. The number of carbonyl (C=O) groups excluding carboxylic acids is 2. The predicted octanol–water partition coefficient (Wildman–Crippen LogP) is 4.44. The van der Waals surface area contributed by atoms with Gasteiger partial charge in [0.15, 0.2) is 11.6 Å². The summed E-state index contributed by atoms with van der Waals surface area (Å²) in [5.41, 5.74) is 4.08. The summed E-state index contributed by atoms with van der Waals surface area (Å²) in [5.74, 6) is -0.160. The van der Waals surface area contributed by atoms with E-state index in [9.17, 15) is 9.59 Å². The van der Waals surface area contributed by atoms with Gasteiger partial charge in [-0.15, -0.1) is 0 Å². The first kappa shape index (κ1) is 14.2. The zero-order valence-corrected chi connectivity index (χ0v) is 12.6. The molecule has 0 heterocycles. The van der Waals surface area contributed by atoms with Crippen molar-refractivity contribution >= 4 is 17.6 Å². The van der Waals surface area contributed by atoms with Crippen molar-refractivity contribution in [3.05, 3.63) is 88.0 Å². The van der Waals surface area contributed by atoms with E-state index in [0.29, 0.717) is 22.3 Å². The average Bonchev–Trinajstić information content (AvgIpc) is 2.52. The summed E-state index contributed by atoms with van der Waals surface area (Å²) in [6.07, 6.45) is 5.88. The van der Waals surface area contributed by atoms with Crippen LogP contribution in [0.5, 0.6) is 0 Å². The van der Waals surface area contributed by atoms with Gasteiger partial charge < -0.3 is 0 Å². The lowest BCUT2D eigenvalue weighted by atomic mass is 9.83. The summed E-state index contributed by atoms with van der Waals surface area (Å²) in [5, 5.41) is 0. The lowest BCUT2D eigenvalue weighted by Gasteiger charge is -2.17. The minimum absolute atomic E-state index is 0.0787. The van der Waals surface area contributed by atoms with Gasteiger partial charge in [-0.3, -0.25) is 9.59 Å². The highest BCUT2D eigenvalue weighted by molar-refractivity contribution is 6.28. The highest BCUT2D eigenvalue weighted by Crippen LogP contribution is 2.28. The van der Waals surface area contributed by atoms with Crippen LogP contribution in [-0.4, -0.2) is 11.6 Å². The molecule has 2 nitrogen and oxygen atoms in total. The Hall–Kier alpha value is -2.74. The van der Waals surface area contributed by atoms with E-state index < -0.39 is 0 Å². The van der Waals surface area contributed by atoms with Crippen LogP contribution in [0.25, 0.3) is 6.08 Å². The monoisotopic (exact) mass is 288 g/mol. The SMILES string of the molecule is CC(C)=CC=Cc1ccc2c(c1)C(=O)c1ccccc1C2=O. The second kappa shape index (κ2) is 5.57. The zero-order chi connectivity index (χ0) is 15.7. The Kier molecular flexibility index (Phi) is 3.60. The number of hydrogen-bond acceptors (Lipinski definition) is 2. The molecule has 3 rings (SSSR count). The zero-order valence-electron chi connectivity index (χ0n) is 12.6. The van der Waals surface area contributed by atoms with Crippen molar-refractivity contribution in [3.63, 3.8) is 0 Å². The molecule has 0 amide bonds. The van der Waals surface area contributed by atoms with E-state index in [-0.39, 0.29) is 11.6 Å². The summed E-state index contributed by atoms with van der Waals surface area (Å²) < 4.78 is 0. The van der Waals surface area contributed by atoms with Crippen LogP contribution in [0.15, 0.2) is 60.2 Å². The predicted molar refractivity (Wildman–Crippen MR) is 88.2 cm³/mol. The third-order valence-electron chi connectivity index (χ3n) is 3.67. The highest BCUT2D eigenvalue weighted by Gasteiger charge is 2.28. The number of hydrogen-bond donors (Lipinski definition) is 0. The summed E-state index contributed by atoms with van der Waals surface area (Å²) >= 11 is 0. The van der Waals surface area contributed by atoms with Crippen molar-refractivity contribution in [1.29, 1.82) is 0 Å². The molecule has 0 aromatic heterocycles. The van der Waals surface area contributed by atoms with Crippen molar-refractivity contribution in [2.24, 2.45) is 0 Å². The van der Waals surface area contributed by atoms with Crippen molar-refractivity contribution in [3.8, 4) is 0 Å². The van der Waals surface area contributed by atoms with Crippen LogP contribution < -0.4 is 0 Å². The number of carbonyl (C=O) groups is 2. The third kappa shape index (κ3) is 2.44. The topological polar surface area (TPSA) is 34.1 Å². The molecule has 2 heteroatoms. The van der Waals surface area contributed by atoms with Crippen LogP contribution in [-0.2, 0) is 0 Å². The summed E-state index contributed by atoms with van der Waals surface area (Å²) in [4.78, 5) is 25.1. The Morgan fingerprint density at radius 3 is 2.05 bits per heavy atom. The van der Waals surface area contributed by atoms with E-state index in [0.717, 1.165) is 5.56 Å². The van der Waals surface area contributed by atoms with Gasteiger partial charge in [0, 0.05) is 22.3 Å². The summed E-state index contributed by atoms with van der Waals surface area (Å²) in [6.45, 7) is 4.05. The van der Waals surface area contributed by atoms with Crippen molar-refractivity contribution in [2.75, 3.05) is 0 Å². The van der Waals surface area contributed by atoms with Crippen LogP contribution in [0.2, 0.25) is 0 Å². The van der Waals surface area contributed by atoms with Crippen LogP contribution >= 0.6 is 0 Å². The fourth-order valence-corrected chi connectivity index (χ4v) is 2.57. The molecule has 0 N–H and O–H groups in total. The Labute approximate surface area is 129 Å². The molecule has 0 saturated heterocycles. The van der Waals surface area contributed by atoms with E-state index in [4.69, 9.17) is 0 Å². The molecule has 0 atom stereocenters. The van der Waals surface area contributed by atoms with E-state index in [2.05, 4.69) is 0 Å². The molecule has 0 fully saturated rings. The fraction of sp³-hybridized carbons (Fsp3) is 0.100. The summed E-state index contributed by atoms with van der Waals surface area (Å²) in [7, 11) is 0. The second-order valence-electron chi connectivity index (χ2n) is 5.61. The Morgan fingerprint density at radius 2 is 1.41 bits per heavy atom. The number of ketones is 2. The lowest BCUT2D eigenvalue weighted by molar-refractivity contribution is 0.0979. The Morgan fingerprint density at radius 1 is 0.818 bits per heavy atom. The van der Waals surface area contributed by atoms with E-state index >= 15 is 0 Å². The Balaban J connectivity index is 2.06. The van der Waals surface area contributed by atoms with Gasteiger partial charge in [0.2, 0.25) is 0 Å². The van der Waals surface area contributed by atoms with Gasteiger partial charge in [0.05, 0.1) is 0 Å². The first-order valence-electron chi connectivity index (χ1n) is 7.22. The molecule has 0 unspecified atom stereocenters. The van der Waals surface area contributed by atoms with E-state index in [1.165, 1.54) is 5.57 Å². The Bertz CT molecular complexity index is 835. The molecule has 0 saturated carbocycles. The lowest BCUT2D eigenvalue weighted by Crippen LogP contribution is -2.20. The molecule has 0 aliphatic heterocycles. The summed E-state index contributed by atoms with van der Waals surface area (Å²) in [6, 6.07) is 12.4. The maximum absolute atomic E-state index is 12.6. The van der Waals surface area contributed by atoms with Crippen LogP contribution in [0.4, 0.5) is 0 Å². The maximum Gasteiger partial charge on any atom is 0.194 e. The minimum Gasteiger partial charge on any atom is -0.289 e. The van der Waals surface area contributed by atoms with Crippen molar-refractivity contribution in [1.82, 2.24) is 0 Å². The fourth-order valence-electron chi connectivity index (χ4n) is 2.57. The van der Waals surface area contributed by atoms with Gasteiger partial charge in [-0.25, -0.2) is 0 Å². The van der Waals surface area contributed by atoms with Gasteiger partial charge in [-0.1, -0.05) is 54.1 Å². The van der Waals surface area contributed by atoms with Crippen LogP contribution in [0, 0.1) is 0 Å². The molecule has 0 bridgehead atoms. The molecule has 108 valence electrons. The largest absolute Gasteiger partial charge is 0.289 e. The van der Waals surface area contributed by atoms with E-state index in [1.807, 2.05) is 38.1 Å². The van der Waals surface area contributed by atoms with Crippen molar-refractivity contribution < 1.29 is 9.59 Å². The quantitative estimate of drug-likeness (QED) is 0.653. The number of rotatable bonds is 2. The van der Waals surface area contributed by atoms with Gasteiger partial charge in [0.1, 0.15) is 0 Å². The molecule has 2 aromatic rings. The van der Waals surface area contributed by atoms with Gasteiger partial charge in [0.25, 0.3) is 0 Å². The molecule has 0 radical (unpaired) electrons. The first-order valence-corrected chi connectivity index (χ1v) is 7.22. The van der Waals surface area contributed by atoms with Crippen LogP contribution in [0.1, 0.15) is 51.3 Å². The minimum atomic E-state index is -0.0809. The molecule has 2 aromatic carbocycles. The molecule has 0 spiro atoms. The molecule has 1 aliphatic carbocycles. The normalized spacial score (nSPS) is 13.0. The molecular formula is C20H16O2. The third-order valence-corrected chi connectivity index (χ3v) is 3.67. The van der Waals surface area contributed by atoms with Crippen LogP contribution in [0.3, 0.4) is 0 Å². The first-order chi connectivity index (χ1) is 10.6. The second-order valence-corrected chi connectivity index (χ2v) is 5.61. The number of allylic oxidation sites excluding steroid dienone is 3. The van der Waals surface area contributed by atoms with Crippen molar-refractivity contribution in [2.45, 2.75) is 13.8 Å². The standard InChI is InChI=1S/C20H16O2/c1-13(2)6-5-7-14-10-11-17-18(12-14)20(22)16-9-4-3-8-15(16)19(17)21/h3-12H,1-2H3. The van der Waals surface area contributed by atoms with Gasteiger partial charge >= 0.3 is 0 Å². The molecule has 1 aliphatic rings. The highest BCUT2D eigenvalue weighted by atomic mass is 16.1. The number of fused-ring (bicyclic) bond motifs is 2. The van der Waals surface area contributed by atoms with E-state index in [1.54, 1.807) is 36.4 Å². The van der Waals surface area contributed by atoms with Gasteiger partial charge in [-0.05, 0) is 31.5 Å². The average molecular weight is 288 g/mol. The van der Waals surface area contributed by atoms with Gasteiger partial charge in [-0.2, -0.15) is 0 Å². The smallest absolute Gasteiger partial charge is 0.194 e. The maximum atomic E-state index is 12.6. The molecule has 22 heavy (non-hydrogen) atoms. The number of benzene rings is 2.